The van der Waals surface area contributed by atoms with E-state index in [2.05, 4.69) is 36.8 Å². The van der Waals surface area contributed by atoms with Gasteiger partial charge in [-0.3, -0.25) is 4.40 Å². The Morgan fingerprint density at radius 3 is 3.11 bits per heavy atom. The van der Waals surface area contributed by atoms with E-state index < -0.39 is 0 Å². The molecule has 0 bridgehead atoms. The number of imidazole rings is 1. The Hall–Kier alpha value is -0.550. The maximum atomic E-state index is 4.89. The third-order valence-corrected chi connectivity index (χ3v) is 6.04. The Morgan fingerprint density at radius 2 is 2.21 bits per heavy atom. The van der Waals surface area contributed by atoms with E-state index in [4.69, 9.17) is 4.98 Å². The molecule has 102 valence electrons. The number of hydrogen-bond donors (Lipinski definition) is 0. The van der Waals surface area contributed by atoms with Crippen LogP contribution in [0.15, 0.2) is 11.6 Å². The van der Waals surface area contributed by atoms with Crippen molar-refractivity contribution in [2.24, 2.45) is 5.92 Å². The lowest BCUT2D eigenvalue weighted by Crippen LogP contribution is -2.35. The molecule has 0 aromatic carbocycles. The second-order valence-electron chi connectivity index (χ2n) is 5.67. The first-order valence-electron chi connectivity index (χ1n) is 7.15. The lowest BCUT2D eigenvalue weighted by molar-refractivity contribution is 0.341. The van der Waals surface area contributed by atoms with E-state index >= 15 is 0 Å². The van der Waals surface area contributed by atoms with Gasteiger partial charge in [0.25, 0.3) is 0 Å². The van der Waals surface area contributed by atoms with Crippen LogP contribution < -0.4 is 4.90 Å². The average Bonchev–Trinajstić information content (AvgIpc) is 3.11. The number of fused-ring (bicyclic) bond motifs is 2. The summed E-state index contributed by atoms with van der Waals surface area (Å²) in [4.78, 5) is 8.62. The topological polar surface area (TPSA) is 20.5 Å². The van der Waals surface area contributed by atoms with Gasteiger partial charge >= 0.3 is 0 Å². The first-order chi connectivity index (χ1) is 9.38. The summed E-state index contributed by atoms with van der Waals surface area (Å²) in [5, 5.41) is 3.00. The van der Waals surface area contributed by atoms with Crippen molar-refractivity contribution in [1.82, 2.24) is 9.38 Å². The Balaban J connectivity index is 1.75. The molecular formula is C14H18BrN3S. The summed E-state index contributed by atoms with van der Waals surface area (Å²) in [6.07, 6.45) is 9.10. The Morgan fingerprint density at radius 1 is 1.32 bits per heavy atom. The highest BCUT2D eigenvalue weighted by Gasteiger charge is 2.37. The molecular weight excluding hydrogens is 322 g/mol. The van der Waals surface area contributed by atoms with Crippen molar-refractivity contribution in [3.63, 3.8) is 0 Å². The zero-order valence-corrected chi connectivity index (χ0v) is 13.3. The second-order valence-corrected chi connectivity index (χ2v) is 7.10. The van der Waals surface area contributed by atoms with Crippen molar-refractivity contribution < 1.29 is 0 Å². The fraction of sp³-hybridized carbons (Fsp3) is 0.643. The summed E-state index contributed by atoms with van der Waals surface area (Å²) < 4.78 is 2.24. The highest BCUT2D eigenvalue weighted by Crippen LogP contribution is 2.40. The van der Waals surface area contributed by atoms with Crippen LogP contribution in [0.2, 0.25) is 0 Å². The summed E-state index contributed by atoms with van der Waals surface area (Å²) in [5.41, 5.74) is 1.32. The standard InChI is InChI=1S/C14H18BrN3S/c15-9-12-13(16-14-18(12)7-8-19-14)17-6-5-10-3-1-2-4-11(10)17/h7-8,10-11H,1-6,9H2. The van der Waals surface area contributed by atoms with Gasteiger partial charge in [-0.2, -0.15) is 0 Å². The summed E-state index contributed by atoms with van der Waals surface area (Å²) in [5.74, 6) is 2.15. The molecule has 0 amide bonds. The van der Waals surface area contributed by atoms with E-state index in [0.717, 1.165) is 22.3 Å². The minimum absolute atomic E-state index is 0.746. The molecule has 0 spiro atoms. The Kier molecular flexibility index (Phi) is 3.07. The number of thiazole rings is 1. The third kappa shape index (κ3) is 1.85. The van der Waals surface area contributed by atoms with Crippen molar-refractivity contribution in [1.29, 1.82) is 0 Å². The monoisotopic (exact) mass is 339 g/mol. The summed E-state index contributed by atoms with van der Waals surface area (Å²) in [6, 6.07) is 0.746. The molecule has 5 heteroatoms. The number of alkyl halides is 1. The van der Waals surface area contributed by atoms with E-state index in [1.54, 1.807) is 11.3 Å². The highest BCUT2D eigenvalue weighted by molar-refractivity contribution is 9.08. The quantitative estimate of drug-likeness (QED) is 0.769. The minimum Gasteiger partial charge on any atom is -0.352 e. The van der Waals surface area contributed by atoms with Gasteiger partial charge in [0.1, 0.15) is 0 Å². The molecule has 4 rings (SSSR count). The zero-order chi connectivity index (χ0) is 12.8. The maximum absolute atomic E-state index is 4.89. The van der Waals surface area contributed by atoms with Gasteiger partial charge in [0.2, 0.25) is 0 Å². The van der Waals surface area contributed by atoms with Gasteiger partial charge in [0.05, 0.1) is 5.69 Å². The van der Waals surface area contributed by atoms with Crippen molar-refractivity contribution in [2.75, 3.05) is 11.4 Å². The lowest BCUT2D eigenvalue weighted by atomic mass is 9.85. The van der Waals surface area contributed by atoms with E-state index in [1.807, 2.05) is 0 Å². The van der Waals surface area contributed by atoms with E-state index in [0.29, 0.717) is 0 Å². The summed E-state index contributed by atoms with van der Waals surface area (Å²) in [7, 11) is 0. The molecule has 1 aliphatic heterocycles. The maximum Gasteiger partial charge on any atom is 0.195 e. The normalized spacial score (nSPS) is 27.1. The molecule has 1 saturated heterocycles. The van der Waals surface area contributed by atoms with Crippen LogP contribution >= 0.6 is 27.3 Å². The van der Waals surface area contributed by atoms with Crippen LogP contribution in [-0.2, 0) is 5.33 Å². The predicted octanol–water partition coefficient (Wildman–Crippen LogP) is 4.06. The number of nitrogens with zero attached hydrogens (tertiary/aromatic N) is 3. The van der Waals surface area contributed by atoms with Crippen molar-refractivity contribution in [2.45, 2.75) is 43.5 Å². The number of hydrogen-bond acceptors (Lipinski definition) is 3. The molecule has 2 aromatic heterocycles. The molecule has 2 unspecified atom stereocenters. The number of aromatic nitrogens is 2. The smallest absolute Gasteiger partial charge is 0.195 e. The van der Waals surface area contributed by atoms with Crippen LogP contribution in [0, 0.1) is 5.92 Å². The highest BCUT2D eigenvalue weighted by atomic mass is 79.9. The fourth-order valence-electron chi connectivity index (χ4n) is 3.84. The number of halogens is 1. The van der Waals surface area contributed by atoms with Gasteiger partial charge in [-0.05, 0) is 25.2 Å². The van der Waals surface area contributed by atoms with Crippen LogP contribution in [0.4, 0.5) is 5.82 Å². The predicted molar refractivity (Wildman–Crippen MR) is 83.4 cm³/mol. The molecule has 2 aromatic rings. The van der Waals surface area contributed by atoms with Gasteiger partial charge in [-0.15, -0.1) is 11.3 Å². The fourth-order valence-corrected chi connectivity index (χ4v) is 5.09. The van der Waals surface area contributed by atoms with Gasteiger partial charge in [0.15, 0.2) is 10.8 Å². The lowest BCUT2D eigenvalue weighted by Gasteiger charge is -2.32. The number of rotatable bonds is 2. The molecule has 0 radical (unpaired) electrons. The molecule has 2 aliphatic rings. The zero-order valence-electron chi connectivity index (χ0n) is 10.9. The van der Waals surface area contributed by atoms with Crippen LogP contribution in [0.25, 0.3) is 4.96 Å². The molecule has 0 N–H and O–H groups in total. The third-order valence-electron chi connectivity index (χ3n) is 4.75. The van der Waals surface area contributed by atoms with E-state index in [1.165, 1.54) is 50.2 Å². The number of anilines is 1. The average molecular weight is 340 g/mol. The summed E-state index contributed by atoms with van der Waals surface area (Å²) >= 11 is 5.38. The van der Waals surface area contributed by atoms with Crippen molar-refractivity contribution in [3.05, 3.63) is 17.3 Å². The Labute approximate surface area is 125 Å². The second kappa shape index (κ2) is 4.77. The van der Waals surface area contributed by atoms with Gasteiger partial charge < -0.3 is 4.90 Å². The Bertz CT molecular complexity index is 591. The first-order valence-corrected chi connectivity index (χ1v) is 9.15. The van der Waals surface area contributed by atoms with Gasteiger partial charge in [-0.25, -0.2) is 4.98 Å². The molecule has 19 heavy (non-hydrogen) atoms. The van der Waals surface area contributed by atoms with Gasteiger partial charge in [0, 0.05) is 29.5 Å². The van der Waals surface area contributed by atoms with E-state index in [9.17, 15) is 0 Å². The molecule has 3 nitrogen and oxygen atoms in total. The molecule has 1 saturated carbocycles. The van der Waals surface area contributed by atoms with Crippen LogP contribution in [0.3, 0.4) is 0 Å². The van der Waals surface area contributed by atoms with Crippen molar-refractivity contribution >= 4 is 38.0 Å². The minimum atomic E-state index is 0.746. The van der Waals surface area contributed by atoms with Crippen LogP contribution in [0.5, 0.6) is 0 Å². The van der Waals surface area contributed by atoms with Crippen LogP contribution in [0.1, 0.15) is 37.8 Å². The van der Waals surface area contributed by atoms with E-state index in [-0.39, 0.29) is 0 Å². The van der Waals surface area contributed by atoms with Crippen LogP contribution in [-0.4, -0.2) is 22.0 Å². The SMILES string of the molecule is BrCc1c(N2CCC3CCCCC32)nc2sccn12. The molecule has 2 atom stereocenters. The molecule has 2 fully saturated rings. The summed E-state index contributed by atoms with van der Waals surface area (Å²) in [6.45, 7) is 1.19. The first kappa shape index (κ1) is 12.2. The largest absolute Gasteiger partial charge is 0.352 e. The molecule has 3 heterocycles. The van der Waals surface area contributed by atoms with Crippen molar-refractivity contribution in [3.8, 4) is 0 Å². The molecule has 1 aliphatic carbocycles. The van der Waals surface area contributed by atoms with Gasteiger partial charge in [-0.1, -0.05) is 28.8 Å².